The van der Waals surface area contributed by atoms with Crippen molar-refractivity contribution in [3.05, 3.63) is 41.6 Å². The van der Waals surface area contributed by atoms with E-state index in [0.29, 0.717) is 12.8 Å². The van der Waals surface area contributed by atoms with Crippen molar-refractivity contribution >= 4 is 16.7 Å². The molecule has 2 rings (SSSR count). The molecule has 0 unspecified atom stereocenters. The van der Waals surface area contributed by atoms with Crippen molar-refractivity contribution < 1.29 is 4.79 Å². The minimum absolute atomic E-state index is 0.145. The number of Topliss-reactive ketones (excluding diaryl/α,β-unsaturated/α-hetero) is 1. The van der Waals surface area contributed by atoms with Gasteiger partial charge in [-0.05, 0) is 25.5 Å². The largest absolute Gasteiger partial charge is 0.294 e. The third-order valence-electron chi connectivity index (χ3n) is 2.87. The molecule has 2 aromatic rings. The fourth-order valence-corrected chi connectivity index (χ4v) is 2.02. The Bertz CT molecular complexity index is 623. The van der Waals surface area contributed by atoms with Crippen LogP contribution < -0.4 is 0 Å². The lowest BCUT2D eigenvalue weighted by Gasteiger charge is -2.06. The Balaban J connectivity index is 2.38. The Morgan fingerprint density at radius 1 is 1.39 bits per heavy atom. The van der Waals surface area contributed by atoms with Crippen molar-refractivity contribution in [1.29, 1.82) is 0 Å². The Labute approximate surface area is 107 Å². The molecule has 1 heterocycles. The summed E-state index contributed by atoms with van der Waals surface area (Å²) < 4.78 is 0. The normalized spacial score (nSPS) is 10.2. The minimum Gasteiger partial charge on any atom is -0.294 e. The molecular formula is C16H15NO. The molecule has 0 aliphatic heterocycles. The smallest absolute Gasteiger partial charge is 0.163 e. The number of benzene rings is 1. The monoisotopic (exact) mass is 237 g/mol. The van der Waals surface area contributed by atoms with E-state index in [4.69, 9.17) is 6.42 Å². The van der Waals surface area contributed by atoms with Crippen molar-refractivity contribution in [2.75, 3.05) is 0 Å². The Morgan fingerprint density at radius 3 is 2.94 bits per heavy atom. The molecule has 2 heteroatoms. The van der Waals surface area contributed by atoms with Crippen LogP contribution in [0.25, 0.3) is 10.9 Å². The molecule has 0 spiro atoms. The molecule has 0 saturated carbocycles. The lowest BCUT2D eigenvalue weighted by molar-refractivity contribution is 0.0982. The Morgan fingerprint density at radius 2 is 2.17 bits per heavy atom. The number of terminal acetylenes is 1. The number of aryl methyl sites for hydroxylation is 1. The number of rotatable bonds is 4. The van der Waals surface area contributed by atoms with E-state index in [1.165, 1.54) is 0 Å². The molecule has 0 fully saturated rings. The van der Waals surface area contributed by atoms with Gasteiger partial charge >= 0.3 is 0 Å². The summed E-state index contributed by atoms with van der Waals surface area (Å²) in [7, 11) is 0. The van der Waals surface area contributed by atoms with E-state index in [0.717, 1.165) is 28.6 Å². The number of aromatic nitrogens is 1. The number of para-hydroxylation sites is 1. The van der Waals surface area contributed by atoms with Gasteiger partial charge in [0.25, 0.3) is 0 Å². The third kappa shape index (κ3) is 2.57. The molecule has 0 bridgehead atoms. The maximum absolute atomic E-state index is 12.2. The van der Waals surface area contributed by atoms with Gasteiger partial charge in [-0.2, -0.15) is 0 Å². The standard InChI is InChI=1S/C16H15NO/c1-3-4-5-10-16(18)14-11-12(2)17-15-9-7-6-8-13(14)15/h1,6-9,11H,4-5,10H2,2H3. The van der Waals surface area contributed by atoms with E-state index in [9.17, 15) is 4.79 Å². The zero-order chi connectivity index (χ0) is 13.0. The summed E-state index contributed by atoms with van der Waals surface area (Å²) in [6.07, 6.45) is 7.08. The first-order valence-electron chi connectivity index (χ1n) is 6.05. The van der Waals surface area contributed by atoms with Crippen LogP contribution >= 0.6 is 0 Å². The predicted molar refractivity (Wildman–Crippen MR) is 73.5 cm³/mol. The van der Waals surface area contributed by atoms with Crippen LogP contribution in [0.1, 0.15) is 35.3 Å². The molecule has 0 saturated heterocycles. The average Bonchev–Trinajstić information content (AvgIpc) is 2.38. The van der Waals surface area contributed by atoms with Crippen LogP contribution in [0.4, 0.5) is 0 Å². The number of fused-ring (bicyclic) bond motifs is 1. The molecule has 90 valence electrons. The van der Waals surface area contributed by atoms with E-state index in [1.54, 1.807) is 0 Å². The molecule has 0 N–H and O–H groups in total. The first-order valence-corrected chi connectivity index (χ1v) is 6.05. The number of carbonyl (C=O) groups is 1. The first-order chi connectivity index (χ1) is 8.72. The van der Waals surface area contributed by atoms with Crippen molar-refractivity contribution in [2.24, 2.45) is 0 Å². The summed E-state index contributed by atoms with van der Waals surface area (Å²) in [6.45, 7) is 1.91. The van der Waals surface area contributed by atoms with E-state index in [2.05, 4.69) is 10.9 Å². The second-order valence-corrected chi connectivity index (χ2v) is 4.31. The maximum atomic E-state index is 12.2. The van der Waals surface area contributed by atoms with Gasteiger partial charge in [-0.25, -0.2) is 0 Å². The third-order valence-corrected chi connectivity index (χ3v) is 2.87. The first kappa shape index (κ1) is 12.3. The van der Waals surface area contributed by atoms with E-state index >= 15 is 0 Å². The van der Waals surface area contributed by atoms with Gasteiger partial charge in [0, 0.05) is 29.5 Å². The van der Waals surface area contributed by atoms with Crippen LogP contribution in [0.15, 0.2) is 30.3 Å². The van der Waals surface area contributed by atoms with Gasteiger partial charge < -0.3 is 0 Å². The fourth-order valence-electron chi connectivity index (χ4n) is 2.02. The van der Waals surface area contributed by atoms with Gasteiger partial charge in [0.05, 0.1) is 5.52 Å². The highest BCUT2D eigenvalue weighted by Crippen LogP contribution is 2.20. The SMILES string of the molecule is C#CCCCC(=O)c1cc(C)nc2ccccc12. The van der Waals surface area contributed by atoms with Crippen LogP contribution in [0.5, 0.6) is 0 Å². The highest BCUT2D eigenvalue weighted by molar-refractivity contribution is 6.07. The molecule has 0 atom stereocenters. The average molecular weight is 237 g/mol. The molecule has 0 radical (unpaired) electrons. The highest BCUT2D eigenvalue weighted by atomic mass is 16.1. The molecular weight excluding hydrogens is 222 g/mol. The van der Waals surface area contributed by atoms with E-state index < -0.39 is 0 Å². The molecule has 2 nitrogen and oxygen atoms in total. The lowest BCUT2D eigenvalue weighted by Crippen LogP contribution is -2.02. The molecule has 1 aromatic carbocycles. The quantitative estimate of drug-likeness (QED) is 0.462. The second kappa shape index (κ2) is 5.46. The number of hydrogen-bond acceptors (Lipinski definition) is 2. The summed E-state index contributed by atoms with van der Waals surface area (Å²) in [6, 6.07) is 9.59. The number of pyridine rings is 1. The van der Waals surface area contributed by atoms with Crippen LogP contribution in [0, 0.1) is 19.3 Å². The molecule has 18 heavy (non-hydrogen) atoms. The highest BCUT2D eigenvalue weighted by Gasteiger charge is 2.11. The van der Waals surface area contributed by atoms with Crippen molar-refractivity contribution in [3.8, 4) is 12.3 Å². The fraction of sp³-hybridized carbons (Fsp3) is 0.250. The van der Waals surface area contributed by atoms with Gasteiger partial charge in [0.1, 0.15) is 0 Å². The Hall–Kier alpha value is -2.14. The van der Waals surface area contributed by atoms with Gasteiger partial charge in [0.15, 0.2) is 5.78 Å². The van der Waals surface area contributed by atoms with Crippen LogP contribution in [0.2, 0.25) is 0 Å². The number of unbranched alkanes of at least 4 members (excludes halogenated alkanes) is 1. The van der Waals surface area contributed by atoms with Crippen LogP contribution in [-0.2, 0) is 0 Å². The van der Waals surface area contributed by atoms with Crippen molar-refractivity contribution in [2.45, 2.75) is 26.2 Å². The number of ketones is 1. The number of nitrogens with zero attached hydrogens (tertiary/aromatic N) is 1. The van der Waals surface area contributed by atoms with Gasteiger partial charge in [-0.15, -0.1) is 12.3 Å². The maximum Gasteiger partial charge on any atom is 0.163 e. The summed E-state index contributed by atoms with van der Waals surface area (Å²) in [4.78, 5) is 16.6. The van der Waals surface area contributed by atoms with Gasteiger partial charge in [0.2, 0.25) is 0 Å². The topological polar surface area (TPSA) is 30.0 Å². The molecule has 0 aliphatic carbocycles. The number of carbonyl (C=O) groups excluding carboxylic acids is 1. The van der Waals surface area contributed by atoms with Gasteiger partial charge in [-0.3, -0.25) is 9.78 Å². The van der Waals surface area contributed by atoms with E-state index in [-0.39, 0.29) is 5.78 Å². The summed E-state index contributed by atoms with van der Waals surface area (Å²) in [5, 5.41) is 0.925. The van der Waals surface area contributed by atoms with Gasteiger partial charge in [-0.1, -0.05) is 18.2 Å². The Kier molecular flexibility index (Phi) is 3.74. The zero-order valence-corrected chi connectivity index (χ0v) is 10.4. The van der Waals surface area contributed by atoms with Crippen molar-refractivity contribution in [3.63, 3.8) is 0 Å². The van der Waals surface area contributed by atoms with Crippen LogP contribution in [0.3, 0.4) is 0 Å². The second-order valence-electron chi connectivity index (χ2n) is 4.31. The molecule has 0 amide bonds. The van der Waals surface area contributed by atoms with Crippen LogP contribution in [-0.4, -0.2) is 10.8 Å². The lowest BCUT2D eigenvalue weighted by atomic mass is 10.0. The number of hydrogen-bond donors (Lipinski definition) is 0. The summed E-state index contributed by atoms with van der Waals surface area (Å²) in [5.41, 5.74) is 2.50. The zero-order valence-electron chi connectivity index (χ0n) is 10.4. The van der Waals surface area contributed by atoms with E-state index in [1.807, 2.05) is 37.3 Å². The summed E-state index contributed by atoms with van der Waals surface area (Å²) in [5.74, 6) is 2.70. The summed E-state index contributed by atoms with van der Waals surface area (Å²) >= 11 is 0. The molecule has 0 aliphatic rings. The molecule has 1 aromatic heterocycles. The van der Waals surface area contributed by atoms with Crippen molar-refractivity contribution in [1.82, 2.24) is 4.98 Å². The minimum atomic E-state index is 0.145. The predicted octanol–water partition coefficient (Wildman–Crippen LogP) is 3.53.